The first-order valence-corrected chi connectivity index (χ1v) is 9.97. The number of likely N-dealkylation sites (tertiary alicyclic amines) is 1. The van der Waals surface area contributed by atoms with Gasteiger partial charge in [-0.05, 0) is 37.8 Å². The Morgan fingerprint density at radius 2 is 1.85 bits per heavy atom. The number of para-hydroxylation sites is 1. The molecule has 0 unspecified atom stereocenters. The van der Waals surface area contributed by atoms with E-state index < -0.39 is 5.97 Å². The molecule has 1 aliphatic carbocycles. The van der Waals surface area contributed by atoms with Gasteiger partial charge in [-0.2, -0.15) is 0 Å². The molecule has 136 valence electrons. The van der Waals surface area contributed by atoms with Gasteiger partial charge in [0.15, 0.2) is 0 Å². The van der Waals surface area contributed by atoms with E-state index in [1.165, 1.54) is 0 Å². The second-order valence-electron chi connectivity index (χ2n) is 7.11. The summed E-state index contributed by atoms with van der Waals surface area (Å²) < 4.78 is 1.16. The summed E-state index contributed by atoms with van der Waals surface area (Å²) in [6.45, 7) is 1.09. The number of carboxylic acid groups (broad SMARTS) is 1. The number of thiazole rings is 1. The molecule has 6 heteroatoms. The SMILES string of the molecule is O=C(O)C1CCN(C(=O)[C@@H]2CC=CC[C@H]2c2nc3ccccc3s2)CC1. The molecule has 1 aromatic heterocycles. The van der Waals surface area contributed by atoms with E-state index in [1.54, 1.807) is 11.3 Å². The number of piperidine rings is 1. The molecule has 1 aliphatic heterocycles. The lowest BCUT2D eigenvalue weighted by Crippen LogP contribution is -2.44. The van der Waals surface area contributed by atoms with E-state index in [9.17, 15) is 9.59 Å². The minimum atomic E-state index is -0.745. The van der Waals surface area contributed by atoms with E-state index >= 15 is 0 Å². The zero-order valence-electron chi connectivity index (χ0n) is 14.5. The quantitative estimate of drug-likeness (QED) is 0.837. The minimum Gasteiger partial charge on any atom is -0.481 e. The average molecular weight is 370 g/mol. The summed E-state index contributed by atoms with van der Waals surface area (Å²) in [5.41, 5.74) is 0.996. The molecule has 0 bridgehead atoms. The fourth-order valence-corrected chi connectivity index (χ4v) is 5.14. The van der Waals surface area contributed by atoms with Crippen LogP contribution >= 0.6 is 11.3 Å². The van der Waals surface area contributed by atoms with Crippen molar-refractivity contribution in [3.8, 4) is 0 Å². The summed E-state index contributed by atoms with van der Waals surface area (Å²) in [7, 11) is 0. The molecule has 2 aliphatic rings. The third-order valence-corrected chi connectivity index (χ3v) is 6.70. The lowest BCUT2D eigenvalue weighted by Gasteiger charge is -2.35. The first-order valence-electron chi connectivity index (χ1n) is 9.15. The maximum absolute atomic E-state index is 13.2. The number of hydrogen-bond donors (Lipinski definition) is 1. The molecule has 1 amide bonds. The summed E-state index contributed by atoms with van der Waals surface area (Å²) in [6, 6.07) is 8.09. The van der Waals surface area contributed by atoms with Crippen LogP contribution in [0.4, 0.5) is 0 Å². The van der Waals surface area contributed by atoms with Crippen LogP contribution in [-0.2, 0) is 9.59 Å². The number of carbonyl (C=O) groups excluding carboxylic acids is 1. The first kappa shape index (κ1) is 17.2. The van der Waals surface area contributed by atoms with Crippen molar-refractivity contribution in [3.05, 3.63) is 41.4 Å². The van der Waals surface area contributed by atoms with Crippen molar-refractivity contribution < 1.29 is 14.7 Å². The molecule has 2 aromatic rings. The van der Waals surface area contributed by atoms with Crippen molar-refractivity contribution in [2.24, 2.45) is 11.8 Å². The predicted molar refractivity (Wildman–Crippen MR) is 101 cm³/mol. The number of amides is 1. The van der Waals surface area contributed by atoms with Crippen molar-refractivity contribution in [3.63, 3.8) is 0 Å². The minimum absolute atomic E-state index is 0.0954. The molecule has 4 rings (SSSR count). The van der Waals surface area contributed by atoms with Gasteiger partial charge in [0.2, 0.25) is 5.91 Å². The fraction of sp³-hybridized carbons (Fsp3) is 0.450. The van der Waals surface area contributed by atoms with Crippen molar-refractivity contribution in [1.29, 1.82) is 0 Å². The Kier molecular flexibility index (Phi) is 4.76. The number of rotatable bonds is 3. The summed E-state index contributed by atoms with van der Waals surface area (Å²) in [6.07, 6.45) is 6.92. The van der Waals surface area contributed by atoms with Gasteiger partial charge in [-0.1, -0.05) is 24.3 Å². The first-order chi connectivity index (χ1) is 12.6. The number of benzene rings is 1. The summed E-state index contributed by atoms with van der Waals surface area (Å²) in [5.74, 6) is -0.887. The molecular weight excluding hydrogens is 348 g/mol. The second kappa shape index (κ2) is 7.19. The number of aliphatic carboxylic acids is 1. The Morgan fingerprint density at radius 1 is 1.12 bits per heavy atom. The van der Waals surface area contributed by atoms with E-state index in [2.05, 4.69) is 18.2 Å². The van der Waals surface area contributed by atoms with E-state index in [0.717, 1.165) is 28.1 Å². The van der Waals surface area contributed by atoms with Crippen LogP contribution in [-0.4, -0.2) is 40.0 Å². The van der Waals surface area contributed by atoms with Crippen LogP contribution in [0.25, 0.3) is 10.2 Å². The number of allylic oxidation sites excluding steroid dienone is 2. The van der Waals surface area contributed by atoms with Crippen molar-refractivity contribution in [1.82, 2.24) is 9.88 Å². The van der Waals surface area contributed by atoms with Gasteiger partial charge in [-0.25, -0.2) is 4.98 Å². The zero-order chi connectivity index (χ0) is 18.1. The van der Waals surface area contributed by atoms with Crippen LogP contribution < -0.4 is 0 Å². The van der Waals surface area contributed by atoms with Crippen LogP contribution in [0.1, 0.15) is 36.6 Å². The van der Waals surface area contributed by atoms with Crippen LogP contribution in [0, 0.1) is 11.8 Å². The van der Waals surface area contributed by atoms with Gasteiger partial charge in [0, 0.05) is 19.0 Å². The number of carbonyl (C=O) groups is 2. The molecule has 26 heavy (non-hydrogen) atoms. The van der Waals surface area contributed by atoms with Crippen molar-refractivity contribution in [2.45, 2.75) is 31.6 Å². The van der Waals surface area contributed by atoms with E-state index in [1.807, 2.05) is 23.1 Å². The third kappa shape index (κ3) is 3.26. The van der Waals surface area contributed by atoms with Crippen LogP contribution in [0.5, 0.6) is 0 Å². The largest absolute Gasteiger partial charge is 0.481 e. The Balaban J connectivity index is 1.53. The summed E-state index contributed by atoms with van der Waals surface area (Å²) >= 11 is 1.68. The standard InChI is InChI=1S/C20H22N2O3S/c23-19(22-11-9-13(10-12-22)20(24)25)15-6-2-1-5-14(15)18-21-16-7-3-4-8-17(16)26-18/h1-4,7-8,13-15H,5-6,9-12H2,(H,24,25)/t14-,15-/m1/s1. The predicted octanol–water partition coefficient (Wildman–Crippen LogP) is 3.67. The molecule has 1 N–H and O–H groups in total. The van der Waals surface area contributed by atoms with Crippen LogP contribution in [0.2, 0.25) is 0 Å². The van der Waals surface area contributed by atoms with Gasteiger partial charge in [-0.3, -0.25) is 9.59 Å². The molecule has 1 fully saturated rings. The molecule has 2 heterocycles. The Bertz CT molecular complexity index is 819. The van der Waals surface area contributed by atoms with Gasteiger partial charge in [0.05, 0.1) is 27.1 Å². The Labute approximate surface area is 156 Å². The summed E-state index contributed by atoms with van der Waals surface area (Å²) in [4.78, 5) is 30.9. The number of hydrogen-bond acceptors (Lipinski definition) is 4. The number of fused-ring (bicyclic) bond motifs is 1. The topological polar surface area (TPSA) is 70.5 Å². The molecular formula is C20H22N2O3S. The normalized spacial score (nSPS) is 24.1. The average Bonchev–Trinajstić information content (AvgIpc) is 3.11. The Hall–Kier alpha value is -2.21. The fourth-order valence-electron chi connectivity index (χ4n) is 3.99. The molecule has 0 radical (unpaired) electrons. The summed E-state index contributed by atoms with van der Waals surface area (Å²) in [5, 5.41) is 10.2. The highest BCUT2D eigenvalue weighted by molar-refractivity contribution is 7.18. The van der Waals surface area contributed by atoms with Gasteiger partial charge in [0.25, 0.3) is 0 Å². The molecule has 2 atom stereocenters. The van der Waals surface area contributed by atoms with Crippen LogP contribution in [0.15, 0.2) is 36.4 Å². The third-order valence-electron chi connectivity index (χ3n) is 5.53. The highest BCUT2D eigenvalue weighted by Crippen LogP contribution is 2.39. The molecule has 5 nitrogen and oxygen atoms in total. The highest BCUT2D eigenvalue weighted by atomic mass is 32.1. The van der Waals surface area contributed by atoms with Crippen LogP contribution in [0.3, 0.4) is 0 Å². The van der Waals surface area contributed by atoms with Crippen molar-refractivity contribution >= 4 is 33.4 Å². The molecule has 1 aromatic carbocycles. The zero-order valence-corrected chi connectivity index (χ0v) is 15.3. The number of aromatic nitrogens is 1. The van der Waals surface area contributed by atoms with Gasteiger partial charge in [0.1, 0.15) is 0 Å². The van der Waals surface area contributed by atoms with E-state index in [0.29, 0.717) is 25.9 Å². The number of nitrogens with zero attached hydrogens (tertiary/aromatic N) is 2. The second-order valence-corrected chi connectivity index (χ2v) is 8.18. The van der Waals surface area contributed by atoms with Crippen molar-refractivity contribution in [2.75, 3.05) is 13.1 Å². The lowest BCUT2D eigenvalue weighted by atomic mass is 9.81. The maximum Gasteiger partial charge on any atom is 0.306 e. The van der Waals surface area contributed by atoms with Gasteiger partial charge < -0.3 is 10.0 Å². The van der Waals surface area contributed by atoms with E-state index in [-0.39, 0.29) is 23.7 Å². The smallest absolute Gasteiger partial charge is 0.306 e. The van der Waals surface area contributed by atoms with Gasteiger partial charge >= 0.3 is 5.97 Å². The molecule has 1 saturated heterocycles. The lowest BCUT2D eigenvalue weighted by molar-refractivity contribution is -0.147. The Morgan fingerprint density at radius 3 is 2.58 bits per heavy atom. The van der Waals surface area contributed by atoms with E-state index in [4.69, 9.17) is 10.1 Å². The molecule has 0 saturated carbocycles. The van der Waals surface area contributed by atoms with Gasteiger partial charge in [-0.15, -0.1) is 11.3 Å². The highest BCUT2D eigenvalue weighted by Gasteiger charge is 2.36. The molecule has 0 spiro atoms. The number of carboxylic acids is 1. The monoisotopic (exact) mass is 370 g/mol. The maximum atomic E-state index is 13.2.